The Balaban J connectivity index is 1.86. The number of thioether (sulfide) groups is 3. The molecule has 0 unspecified atom stereocenters. The summed E-state index contributed by atoms with van der Waals surface area (Å²) in [5.41, 5.74) is 1.07. The maximum Gasteiger partial charge on any atom is 0.338 e. The van der Waals surface area contributed by atoms with E-state index in [1.54, 1.807) is 157 Å². The lowest BCUT2D eigenvalue weighted by molar-refractivity contribution is -0.101. The van der Waals surface area contributed by atoms with Crippen LogP contribution in [0.4, 0.5) is 0 Å². The van der Waals surface area contributed by atoms with Gasteiger partial charge in [-0.15, -0.1) is 23.5 Å². The smallest absolute Gasteiger partial charge is 0.338 e. The maximum absolute atomic E-state index is 13.9. The number of hydrogen-bond donors (Lipinski definition) is 0. The van der Waals surface area contributed by atoms with E-state index in [1.807, 2.05) is 20.8 Å². The molecule has 11 heteroatoms. The number of esters is 4. The summed E-state index contributed by atoms with van der Waals surface area (Å²) in [5, 5.41) is -0.450. The molecule has 0 aliphatic heterocycles. The molecule has 4 atom stereocenters. The van der Waals surface area contributed by atoms with E-state index in [2.05, 4.69) is 0 Å². The Morgan fingerprint density at radius 2 is 0.824 bits per heavy atom. The summed E-state index contributed by atoms with van der Waals surface area (Å²) in [5.74, 6) is -0.568. The molecule has 0 aliphatic rings. The molecule has 4 aromatic rings. The van der Waals surface area contributed by atoms with Crippen molar-refractivity contribution in [3.63, 3.8) is 0 Å². The predicted octanol–water partition coefficient (Wildman–Crippen LogP) is 8.47. The van der Waals surface area contributed by atoms with Crippen molar-refractivity contribution < 1.29 is 38.1 Å². The van der Waals surface area contributed by atoms with Gasteiger partial charge in [-0.2, -0.15) is 11.8 Å². The Morgan fingerprint density at radius 1 is 0.471 bits per heavy atom. The molecule has 0 bridgehead atoms. The van der Waals surface area contributed by atoms with Crippen LogP contribution in [0, 0.1) is 0 Å². The van der Waals surface area contributed by atoms with E-state index in [4.69, 9.17) is 18.9 Å². The minimum atomic E-state index is -1.40. The van der Waals surface area contributed by atoms with Gasteiger partial charge in [0.25, 0.3) is 0 Å². The minimum absolute atomic E-state index is 0.117. The quantitative estimate of drug-likeness (QED) is 0.0524. The summed E-state index contributed by atoms with van der Waals surface area (Å²) in [7, 11) is 0. The molecule has 0 amide bonds. The summed E-state index contributed by atoms with van der Waals surface area (Å²) < 4.78 is 24.4. The normalized spacial score (nSPS) is 13.3. The minimum Gasteiger partial charge on any atom is -0.458 e. The number of rotatable bonds is 19. The summed E-state index contributed by atoms with van der Waals surface area (Å²) in [6, 6.07) is 33.6. The second-order valence-corrected chi connectivity index (χ2v) is 15.5. The number of benzene rings is 4. The molecular formula is C40H42O8S3. The van der Waals surface area contributed by atoms with Gasteiger partial charge in [0, 0.05) is 0 Å². The van der Waals surface area contributed by atoms with E-state index >= 15 is 0 Å². The first-order chi connectivity index (χ1) is 24.9. The number of hydrogen-bond acceptors (Lipinski definition) is 11. The van der Waals surface area contributed by atoms with Crippen LogP contribution in [0.15, 0.2) is 121 Å². The molecule has 0 saturated heterocycles. The summed E-state index contributed by atoms with van der Waals surface area (Å²) in [6.07, 6.45) is -3.93. The standard InChI is InChI=1S/C40H42O8S3/c1-4-49-35(40(50-5-2)51-6-3)34(48-39(44)31-25-17-10-18-26-31)33(47-38(43)30-23-15-9-16-24-30)32(46-37(42)29-21-13-8-14-22-29)27-45-36(41)28-19-11-7-12-20-28/h7-26,32-35,40H,4-6,27H2,1-3H3/t32-,33-,34+,35-/m1/s1. The third kappa shape index (κ3) is 11.9. The van der Waals surface area contributed by atoms with Crippen molar-refractivity contribution in [3.05, 3.63) is 144 Å². The SMILES string of the molecule is CCSC(SCC)[C@H](SCC)[C@@H](OC(=O)c1ccccc1)[C@H](OC(=O)c1ccccc1)[C@@H](COC(=O)c1ccccc1)OC(=O)c1ccccc1. The average Bonchev–Trinajstić information content (AvgIpc) is 3.18. The summed E-state index contributed by atoms with van der Waals surface area (Å²) >= 11 is 4.93. The molecule has 0 heterocycles. The van der Waals surface area contributed by atoms with E-state index in [-0.39, 0.29) is 21.3 Å². The van der Waals surface area contributed by atoms with Crippen LogP contribution in [-0.2, 0) is 18.9 Å². The number of ether oxygens (including phenoxy) is 4. The Kier molecular flexibility index (Phi) is 16.5. The highest BCUT2D eigenvalue weighted by molar-refractivity contribution is 8.18. The van der Waals surface area contributed by atoms with Crippen molar-refractivity contribution in [2.45, 2.75) is 48.9 Å². The van der Waals surface area contributed by atoms with Crippen molar-refractivity contribution in [1.82, 2.24) is 0 Å². The first-order valence-corrected chi connectivity index (χ1v) is 19.9. The third-order valence-electron chi connectivity index (χ3n) is 7.46. The topological polar surface area (TPSA) is 105 Å². The number of carbonyl (C=O) groups is 4. The van der Waals surface area contributed by atoms with Crippen molar-refractivity contribution in [3.8, 4) is 0 Å². The zero-order valence-electron chi connectivity index (χ0n) is 28.8. The number of carbonyl (C=O) groups excluding carboxylic acids is 4. The van der Waals surface area contributed by atoms with Crippen LogP contribution in [0.3, 0.4) is 0 Å². The van der Waals surface area contributed by atoms with Gasteiger partial charge in [-0.1, -0.05) is 93.6 Å². The molecule has 0 aromatic heterocycles. The first kappa shape index (κ1) is 39.6. The molecular weight excluding hydrogens is 705 g/mol. The fourth-order valence-electron chi connectivity index (χ4n) is 5.09. The van der Waals surface area contributed by atoms with Crippen LogP contribution in [-0.4, -0.2) is 75.9 Å². The molecule has 268 valence electrons. The van der Waals surface area contributed by atoms with E-state index in [0.29, 0.717) is 11.3 Å². The first-order valence-electron chi connectivity index (χ1n) is 16.7. The molecule has 4 rings (SSSR count). The van der Waals surface area contributed by atoms with E-state index in [9.17, 15) is 19.2 Å². The molecule has 51 heavy (non-hydrogen) atoms. The zero-order chi connectivity index (χ0) is 36.4. The fraction of sp³-hybridized carbons (Fsp3) is 0.300. The molecule has 0 radical (unpaired) electrons. The Hall–Kier alpha value is -4.19. The molecule has 0 spiro atoms. The molecule has 0 saturated carbocycles. The summed E-state index contributed by atoms with van der Waals surface area (Å²) in [6.45, 7) is 5.60. The van der Waals surface area contributed by atoms with Crippen molar-refractivity contribution in [2.75, 3.05) is 23.9 Å². The predicted molar refractivity (Wildman–Crippen MR) is 206 cm³/mol. The lowest BCUT2D eigenvalue weighted by atomic mass is 10.0. The van der Waals surface area contributed by atoms with E-state index in [1.165, 1.54) is 0 Å². The Labute approximate surface area is 312 Å². The lowest BCUT2D eigenvalue weighted by Crippen LogP contribution is -2.53. The second kappa shape index (κ2) is 21.2. The van der Waals surface area contributed by atoms with Crippen molar-refractivity contribution >= 4 is 59.2 Å². The fourth-order valence-corrected chi connectivity index (χ4v) is 9.52. The third-order valence-corrected chi connectivity index (χ3v) is 11.8. The van der Waals surface area contributed by atoms with E-state index in [0.717, 1.165) is 11.5 Å². The monoisotopic (exact) mass is 746 g/mol. The van der Waals surface area contributed by atoms with Gasteiger partial charge >= 0.3 is 23.9 Å². The van der Waals surface area contributed by atoms with Gasteiger partial charge in [0.1, 0.15) is 6.61 Å². The summed E-state index contributed by atoms with van der Waals surface area (Å²) in [4.78, 5) is 54.8. The molecule has 0 N–H and O–H groups in total. The van der Waals surface area contributed by atoms with Gasteiger partial charge in [-0.3, -0.25) is 0 Å². The van der Waals surface area contributed by atoms with Gasteiger partial charge in [-0.05, 0) is 65.8 Å². The Morgan fingerprint density at radius 3 is 1.22 bits per heavy atom. The van der Waals surface area contributed by atoms with Gasteiger partial charge in [0.2, 0.25) is 0 Å². The van der Waals surface area contributed by atoms with Gasteiger partial charge in [0.15, 0.2) is 18.3 Å². The van der Waals surface area contributed by atoms with Crippen LogP contribution in [0.25, 0.3) is 0 Å². The van der Waals surface area contributed by atoms with Crippen molar-refractivity contribution in [1.29, 1.82) is 0 Å². The highest BCUT2D eigenvalue weighted by Crippen LogP contribution is 2.39. The maximum atomic E-state index is 13.9. The second-order valence-electron chi connectivity index (χ2n) is 10.9. The van der Waals surface area contributed by atoms with Crippen LogP contribution >= 0.6 is 35.3 Å². The highest BCUT2D eigenvalue weighted by atomic mass is 32.2. The lowest BCUT2D eigenvalue weighted by Gasteiger charge is -2.38. The van der Waals surface area contributed by atoms with Crippen LogP contribution in [0.1, 0.15) is 62.2 Å². The largest absolute Gasteiger partial charge is 0.458 e. The molecule has 0 fully saturated rings. The van der Waals surface area contributed by atoms with Gasteiger partial charge < -0.3 is 18.9 Å². The van der Waals surface area contributed by atoms with Crippen LogP contribution in [0.2, 0.25) is 0 Å². The van der Waals surface area contributed by atoms with Gasteiger partial charge in [-0.25, -0.2) is 19.2 Å². The molecule has 8 nitrogen and oxygen atoms in total. The molecule has 0 aliphatic carbocycles. The van der Waals surface area contributed by atoms with Crippen LogP contribution in [0.5, 0.6) is 0 Å². The van der Waals surface area contributed by atoms with E-state index < -0.39 is 54.0 Å². The zero-order valence-corrected chi connectivity index (χ0v) is 31.2. The van der Waals surface area contributed by atoms with Gasteiger partial charge in [0.05, 0.1) is 32.1 Å². The Bertz CT molecular complexity index is 1650. The molecule has 4 aromatic carbocycles. The van der Waals surface area contributed by atoms with Crippen molar-refractivity contribution in [2.24, 2.45) is 0 Å². The highest BCUT2D eigenvalue weighted by Gasteiger charge is 2.46. The average molecular weight is 747 g/mol. The van der Waals surface area contributed by atoms with Crippen LogP contribution < -0.4 is 0 Å².